The zero-order chi connectivity index (χ0) is 6.24. The molecule has 0 aromatic rings. The fraction of sp³-hybridized carbons (Fsp3) is 0. The predicted molar refractivity (Wildman–Crippen MR) is 29.7 cm³/mol. The summed E-state index contributed by atoms with van der Waals surface area (Å²) in [5.41, 5.74) is 0. The minimum atomic E-state index is 1.16. The highest BCUT2D eigenvalue weighted by atomic mass is 16.1. The molecule has 0 saturated carbocycles. The molecule has 8 heavy (non-hydrogen) atoms. The molecule has 0 N–H and O–H groups in total. The van der Waals surface area contributed by atoms with E-state index in [-0.39, 0.29) is 0 Å². The molecular weight excluding hydrogens is 104 g/mol. The molecule has 40 valence electrons. The second kappa shape index (κ2) is 5.64. The quantitative estimate of drug-likeness (QED) is 0.377. The van der Waals surface area contributed by atoms with E-state index in [0.717, 1.165) is 12.2 Å². The van der Waals surface area contributed by atoms with Gasteiger partial charge in [-0.15, -0.1) is 0 Å². The highest BCUT2D eigenvalue weighted by Crippen LogP contribution is 1.68. The molecule has 0 bridgehead atoms. The Kier molecular flexibility index (Phi) is 4.68. The molecule has 0 amide bonds. The summed E-state index contributed by atoms with van der Waals surface area (Å²) in [6.07, 6.45) is 5.12. The molecule has 0 aliphatic carbocycles. The SMILES string of the molecule is O=C=C/C=C\C=C=O. The van der Waals surface area contributed by atoms with E-state index in [4.69, 9.17) is 0 Å². The van der Waals surface area contributed by atoms with Gasteiger partial charge in [0.15, 0.2) is 0 Å². The van der Waals surface area contributed by atoms with Gasteiger partial charge in [-0.1, -0.05) is 12.2 Å². The molecule has 0 saturated heterocycles. The fourth-order valence-corrected chi connectivity index (χ4v) is 0.190. The Labute approximate surface area is 46.8 Å². The van der Waals surface area contributed by atoms with Crippen molar-refractivity contribution in [2.45, 2.75) is 0 Å². The maximum absolute atomic E-state index is 9.42. The van der Waals surface area contributed by atoms with Gasteiger partial charge in [-0.2, -0.15) is 0 Å². The first-order valence-electron chi connectivity index (χ1n) is 1.99. The molecule has 0 spiro atoms. The van der Waals surface area contributed by atoms with E-state index in [1.165, 1.54) is 24.0 Å². The normalized spacial score (nSPS) is 7.50. The Bertz CT molecular complexity index is 147. The van der Waals surface area contributed by atoms with Crippen molar-refractivity contribution in [2.24, 2.45) is 0 Å². The smallest absolute Gasteiger partial charge is 0.124 e. The van der Waals surface area contributed by atoms with Gasteiger partial charge in [0.05, 0.1) is 0 Å². The first-order valence-corrected chi connectivity index (χ1v) is 1.99. The van der Waals surface area contributed by atoms with Gasteiger partial charge in [-0.3, -0.25) is 0 Å². The van der Waals surface area contributed by atoms with Crippen LogP contribution >= 0.6 is 0 Å². The van der Waals surface area contributed by atoms with Crippen LogP contribution in [0.15, 0.2) is 24.3 Å². The standard InChI is InChI=1S/C6H4O2/c7-5-3-1-2-4-6-8/h1-4H/b2-1-. The molecule has 2 nitrogen and oxygen atoms in total. The minimum absolute atomic E-state index is 1.16. The summed E-state index contributed by atoms with van der Waals surface area (Å²) < 4.78 is 0. The molecule has 0 aliphatic heterocycles. The van der Waals surface area contributed by atoms with Crippen LogP contribution in [0.1, 0.15) is 0 Å². The second-order valence-corrected chi connectivity index (χ2v) is 0.954. The topological polar surface area (TPSA) is 34.1 Å². The minimum Gasteiger partial charge on any atom is -0.234 e. The van der Waals surface area contributed by atoms with Gasteiger partial charge in [0.25, 0.3) is 0 Å². The maximum Gasteiger partial charge on any atom is 0.124 e. The van der Waals surface area contributed by atoms with Crippen molar-refractivity contribution in [1.82, 2.24) is 0 Å². The van der Waals surface area contributed by atoms with E-state index >= 15 is 0 Å². The molecule has 2 heteroatoms. The van der Waals surface area contributed by atoms with Crippen LogP contribution in [0.3, 0.4) is 0 Å². The molecule has 0 fully saturated rings. The Morgan fingerprint density at radius 2 is 1.25 bits per heavy atom. The van der Waals surface area contributed by atoms with Crippen molar-refractivity contribution >= 4 is 11.9 Å². The van der Waals surface area contributed by atoms with Crippen LogP contribution in [0.2, 0.25) is 0 Å². The Hall–Kier alpha value is -1.36. The first-order chi connectivity index (χ1) is 3.91. The van der Waals surface area contributed by atoms with Crippen molar-refractivity contribution in [3.63, 3.8) is 0 Å². The summed E-state index contributed by atoms with van der Waals surface area (Å²) in [7, 11) is 0. The van der Waals surface area contributed by atoms with Crippen molar-refractivity contribution in [3.05, 3.63) is 24.3 Å². The third kappa shape index (κ3) is 4.64. The number of hydrogen-bond acceptors (Lipinski definition) is 2. The molecule has 0 atom stereocenters. The largest absolute Gasteiger partial charge is 0.234 e. The Balaban J connectivity index is 3.66. The van der Waals surface area contributed by atoms with Crippen molar-refractivity contribution in [2.75, 3.05) is 0 Å². The molecular formula is C6H4O2. The van der Waals surface area contributed by atoms with Crippen molar-refractivity contribution in [3.8, 4) is 0 Å². The number of rotatable bonds is 2. The summed E-state index contributed by atoms with van der Waals surface area (Å²) in [4.78, 5) is 18.8. The lowest BCUT2D eigenvalue weighted by Crippen LogP contribution is -1.49. The van der Waals surface area contributed by atoms with Gasteiger partial charge in [-0.25, -0.2) is 9.59 Å². The van der Waals surface area contributed by atoms with Crippen LogP contribution in [0.5, 0.6) is 0 Å². The van der Waals surface area contributed by atoms with Crippen LogP contribution < -0.4 is 0 Å². The maximum atomic E-state index is 9.42. The summed E-state index contributed by atoms with van der Waals surface area (Å²) in [5.74, 6) is 3.03. The molecule has 0 radical (unpaired) electrons. The highest BCUT2D eigenvalue weighted by molar-refractivity contribution is 5.52. The van der Waals surface area contributed by atoms with Crippen LogP contribution in [-0.4, -0.2) is 11.9 Å². The molecule has 0 unspecified atom stereocenters. The summed E-state index contributed by atoms with van der Waals surface area (Å²) in [6.45, 7) is 0. The predicted octanol–water partition coefficient (Wildman–Crippen LogP) is 0.318. The average Bonchev–Trinajstić information content (AvgIpc) is 1.81. The van der Waals surface area contributed by atoms with Crippen LogP contribution in [0, 0.1) is 0 Å². The fourth-order valence-electron chi connectivity index (χ4n) is 0.190. The molecule has 0 aromatic carbocycles. The summed E-state index contributed by atoms with van der Waals surface area (Å²) in [5, 5.41) is 0. The second-order valence-electron chi connectivity index (χ2n) is 0.954. The third-order valence-electron chi connectivity index (χ3n) is 0.440. The molecule has 0 aromatic heterocycles. The van der Waals surface area contributed by atoms with Gasteiger partial charge >= 0.3 is 0 Å². The van der Waals surface area contributed by atoms with Gasteiger partial charge in [0.2, 0.25) is 0 Å². The number of allylic oxidation sites excluding steroid dienone is 4. The van der Waals surface area contributed by atoms with E-state index in [0.29, 0.717) is 0 Å². The van der Waals surface area contributed by atoms with Gasteiger partial charge < -0.3 is 0 Å². The van der Waals surface area contributed by atoms with Crippen molar-refractivity contribution < 1.29 is 9.59 Å². The lowest BCUT2D eigenvalue weighted by Gasteiger charge is -1.58. The lowest BCUT2D eigenvalue weighted by atomic mass is 10.5. The van der Waals surface area contributed by atoms with Crippen molar-refractivity contribution in [1.29, 1.82) is 0 Å². The van der Waals surface area contributed by atoms with E-state index < -0.39 is 0 Å². The zero-order valence-electron chi connectivity index (χ0n) is 4.13. The molecule has 0 aliphatic rings. The number of carbonyl (C=O) groups excluding carboxylic acids is 2. The van der Waals surface area contributed by atoms with E-state index in [9.17, 15) is 9.59 Å². The first kappa shape index (κ1) is 6.64. The Morgan fingerprint density at radius 1 is 0.875 bits per heavy atom. The van der Waals surface area contributed by atoms with Gasteiger partial charge in [0, 0.05) is 12.2 Å². The highest BCUT2D eigenvalue weighted by Gasteiger charge is 1.56. The lowest BCUT2D eigenvalue weighted by molar-refractivity contribution is 0.568. The van der Waals surface area contributed by atoms with E-state index in [1.807, 2.05) is 0 Å². The number of hydrogen-bond donors (Lipinski definition) is 0. The van der Waals surface area contributed by atoms with E-state index in [2.05, 4.69) is 0 Å². The monoisotopic (exact) mass is 108 g/mol. The summed E-state index contributed by atoms with van der Waals surface area (Å²) in [6, 6.07) is 0. The van der Waals surface area contributed by atoms with Crippen LogP contribution in [-0.2, 0) is 9.59 Å². The third-order valence-corrected chi connectivity index (χ3v) is 0.440. The average molecular weight is 108 g/mol. The Morgan fingerprint density at radius 3 is 1.50 bits per heavy atom. The van der Waals surface area contributed by atoms with Gasteiger partial charge in [-0.05, 0) is 0 Å². The van der Waals surface area contributed by atoms with Gasteiger partial charge in [0.1, 0.15) is 11.9 Å². The summed E-state index contributed by atoms with van der Waals surface area (Å²) >= 11 is 0. The molecule has 0 rings (SSSR count). The zero-order valence-corrected chi connectivity index (χ0v) is 4.13. The molecule has 0 heterocycles. The van der Waals surface area contributed by atoms with Crippen LogP contribution in [0.25, 0.3) is 0 Å². The van der Waals surface area contributed by atoms with Crippen LogP contribution in [0.4, 0.5) is 0 Å². The van der Waals surface area contributed by atoms with E-state index in [1.54, 1.807) is 0 Å².